The number of hydrogen-bond acceptors (Lipinski definition) is 1. The van der Waals surface area contributed by atoms with Gasteiger partial charge in [-0.1, -0.05) is 75.3 Å². The molecule has 1 aliphatic carbocycles. The third kappa shape index (κ3) is 26.3. The Hall–Kier alpha value is -0.300. The van der Waals surface area contributed by atoms with Crippen LogP contribution in [0.2, 0.25) is 0 Å². The maximum absolute atomic E-state index is 5.76. The second-order valence-corrected chi connectivity index (χ2v) is 5.48. The zero-order valence-corrected chi connectivity index (χ0v) is 16.3. The van der Waals surface area contributed by atoms with Crippen LogP contribution in [0, 0.1) is 11.3 Å². The van der Waals surface area contributed by atoms with E-state index in [1.54, 1.807) is 0 Å². The molecule has 0 bridgehead atoms. The van der Waals surface area contributed by atoms with Gasteiger partial charge in [-0.25, -0.2) is 0 Å². The lowest BCUT2D eigenvalue weighted by atomic mass is 9.76. The Morgan fingerprint density at radius 3 is 1.35 bits per heavy atom. The van der Waals surface area contributed by atoms with Gasteiger partial charge >= 0.3 is 0 Å². The van der Waals surface area contributed by atoms with Crippen molar-refractivity contribution in [2.45, 2.75) is 101 Å². The summed E-state index contributed by atoms with van der Waals surface area (Å²) in [5.74, 6) is 0.648. The lowest BCUT2D eigenvalue weighted by Gasteiger charge is -2.32. The fourth-order valence-electron chi connectivity index (χ4n) is 1.42. The summed E-state index contributed by atoms with van der Waals surface area (Å²) in [6, 6.07) is 0.498. The molecule has 0 heterocycles. The van der Waals surface area contributed by atoms with Gasteiger partial charge in [-0.2, -0.15) is 0 Å². The van der Waals surface area contributed by atoms with Crippen molar-refractivity contribution in [3.63, 3.8) is 0 Å². The molecule has 1 saturated carbocycles. The molecule has 0 amide bonds. The Morgan fingerprint density at radius 2 is 1.20 bits per heavy atom. The first kappa shape index (κ1) is 27.9. The predicted octanol–water partition coefficient (Wildman–Crippen LogP) is 6.82. The smallest absolute Gasteiger partial charge is 0.00392 e. The summed E-state index contributed by atoms with van der Waals surface area (Å²) in [4.78, 5) is 0. The monoisotopic (exact) mass is 287 g/mol. The summed E-state index contributed by atoms with van der Waals surface area (Å²) >= 11 is 0. The Morgan fingerprint density at radius 1 is 0.950 bits per heavy atom. The van der Waals surface area contributed by atoms with Crippen LogP contribution < -0.4 is 5.73 Å². The normalized spacial score (nSPS) is 15.8. The third-order valence-electron chi connectivity index (χ3n) is 2.86. The molecular weight excluding hydrogens is 242 g/mol. The fraction of sp³-hybridized carbons (Fsp3) is 0.895. The summed E-state index contributed by atoms with van der Waals surface area (Å²) in [5.41, 5.74) is 6.34. The van der Waals surface area contributed by atoms with E-state index < -0.39 is 0 Å². The average molecular weight is 288 g/mol. The summed E-state index contributed by atoms with van der Waals surface area (Å²) < 4.78 is 0. The Kier molecular flexibility index (Phi) is 29.4. The molecule has 20 heavy (non-hydrogen) atoms. The first-order chi connectivity index (χ1) is 9.37. The molecule has 1 heteroatoms. The molecule has 1 aliphatic rings. The highest BCUT2D eigenvalue weighted by atomic mass is 14.6. The standard InChI is InChI=1S/C8H17N.C5H10.3C2H6/c1-8(2)5-3-7(9)4-6-8;1-4-5(2)3;3*1-2/h7H,3-6,9H2,1-2H3;4-5H,1H2,2-3H3;3*1-2H3. The molecule has 0 spiro atoms. The van der Waals surface area contributed by atoms with Crippen LogP contribution in [-0.2, 0) is 0 Å². The van der Waals surface area contributed by atoms with Gasteiger partial charge in [-0.3, -0.25) is 0 Å². The quantitative estimate of drug-likeness (QED) is 0.526. The van der Waals surface area contributed by atoms with Crippen LogP contribution in [0.4, 0.5) is 0 Å². The van der Waals surface area contributed by atoms with Crippen LogP contribution in [-0.4, -0.2) is 6.04 Å². The average Bonchev–Trinajstić information content (AvgIpc) is 2.49. The maximum atomic E-state index is 5.76. The Labute approximate surface area is 131 Å². The molecule has 0 radical (unpaired) electrons. The summed E-state index contributed by atoms with van der Waals surface area (Å²) in [6.07, 6.45) is 7.00. The largest absolute Gasteiger partial charge is 0.328 e. The molecule has 0 aromatic heterocycles. The van der Waals surface area contributed by atoms with Gasteiger partial charge in [0.15, 0.2) is 0 Å². The highest BCUT2D eigenvalue weighted by Gasteiger charge is 2.24. The van der Waals surface area contributed by atoms with Gasteiger partial charge in [0, 0.05) is 6.04 Å². The van der Waals surface area contributed by atoms with Crippen molar-refractivity contribution in [3.8, 4) is 0 Å². The van der Waals surface area contributed by atoms with E-state index in [-0.39, 0.29) is 0 Å². The minimum Gasteiger partial charge on any atom is -0.328 e. The molecular formula is C19H45N. The number of hydrogen-bond donors (Lipinski definition) is 1. The molecule has 0 aliphatic heterocycles. The van der Waals surface area contributed by atoms with Crippen LogP contribution in [0.15, 0.2) is 12.7 Å². The van der Waals surface area contributed by atoms with Crippen molar-refractivity contribution in [2.75, 3.05) is 0 Å². The van der Waals surface area contributed by atoms with E-state index in [1.807, 2.05) is 47.6 Å². The molecule has 0 unspecified atom stereocenters. The molecule has 0 atom stereocenters. The minimum absolute atomic E-state index is 0.498. The lowest BCUT2D eigenvalue weighted by Crippen LogP contribution is -2.30. The Bertz CT molecular complexity index is 149. The van der Waals surface area contributed by atoms with Gasteiger partial charge < -0.3 is 5.73 Å². The summed E-state index contributed by atoms with van der Waals surface area (Å²) in [5, 5.41) is 0. The summed E-state index contributed by atoms with van der Waals surface area (Å²) in [6.45, 7) is 24.4. The van der Waals surface area contributed by atoms with Crippen molar-refractivity contribution in [1.82, 2.24) is 0 Å². The van der Waals surface area contributed by atoms with Gasteiger partial charge in [0.1, 0.15) is 0 Å². The maximum Gasteiger partial charge on any atom is 0.00392 e. The number of nitrogens with two attached hydrogens (primary N) is 1. The van der Waals surface area contributed by atoms with Crippen LogP contribution in [0.25, 0.3) is 0 Å². The van der Waals surface area contributed by atoms with Crippen molar-refractivity contribution in [2.24, 2.45) is 17.1 Å². The minimum atomic E-state index is 0.498. The Balaban J connectivity index is -0.000000100. The van der Waals surface area contributed by atoms with Crippen LogP contribution in [0.3, 0.4) is 0 Å². The lowest BCUT2D eigenvalue weighted by molar-refractivity contribution is 0.225. The van der Waals surface area contributed by atoms with Crippen LogP contribution in [0.5, 0.6) is 0 Å². The van der Waals surface area contributed by atoms with E-state index in [1.165, 1.54) is 25.7 Å². The van der Waals surface area contributed by atoms with Crippen molar-refractivity contribution >= 4 is 0 Å². The molecule has 126 valence electrons. The molecule has 1 nitrogen and oxygen atoms in total. The van der Waals surface area contributed by atoms with E-state index in [0.717, 1.165) is 0 Å². The van der Waals surface area contributed by atoms with Gasteiger partial charge in [0.2, 0.25) is 0 Å². The second-order valence-electron chi connectivity index (χ2n) is 5.48. The van der Waals surface area contributed by atoms with E-state index in [2.05, 4.69) is 34.3 Å². The summed E-state index contributed by atoms with van der Waals surface area (Å²) in [7, 11) is 0. The van der Waals surface area contributed by atoms with E-state index in [9.17, 15) is 0 Å². The van der Waals surface area contributed by atoms with E-state index in [4.69, 9.17) is 5.73 Å². The van der Waals surface area contributed by atoms with Crippen molar-refractivity contribution < 1.29 is 0 Å². The van der Waals surface area contributed by atoms with Crippen molar-refractivity contribution in [3.05, 3.63) is 12.7 Å². The topological polar surface area (TPSA) is 26.0 Å². The molecule has 0 aromatic rings. The number of rotatable bonds is 1. The zero-order valence-electron chi connectivity index (χ0n) is 16.3. The zero-order chi connectivity index (χ0) is 17.2. The third-order valence-corrected chi connectivity index (χ3v) is 2.86. The highest BCUT2D eigenvalue weighted by Crippen LogP contribution is 2.34. The molecule has 1 rings (SSSR count). The van der Waals surface area contributed by atoms with Crippen molar-refractivity contribution in [1.29, 1.82) is 0 Å². The van der Waals surface area contributed by atoms with Gasteiger partial charge in [0.05, 0.1) is 0 Å². The fourth-order valence-corrected chi connectivity index (χ4v) is 1.42. The van der Waals surface area contributed by atoms with Gasteiger partial charge in [-0.05, 0) is 37.0 Å². The first-order valence-corrected chi connectivity index (χ1v) is 8.75. The molecule has 1 fully saturated rings. The second kappa shape index (κ2) is 21.0. The highest BCUT2D eigenvalue weighted by molar-refractivity contribution is 4.79. The molecule has 0 saturated heterocycles. The van der Waals surface area contributed by atoms with E-state index >= 15 is 0 Å². The van der Waals surface area contributed by atoms with E-state index in [0.29, 0.717) is 17.4 Å². The SMILES string of the molecule is C=CC(C)C.CC.CC.CC.CC1(C)CCC(N)CC1. The predicted molar refractivity (Wildman–Crippen MR) is 99.3 cm³/mol. The van der Waals surface area contributed by atoms with Gasteiger partial charge in [0.25, 0.3) is 0 Å². The van der Waals surface area contributed by atoms with Crippen LogP contribution >= 0.6 is 0 Å². The molecule has 0 aromatic carbocycles. The van der Waals surface area contributed by atoms with Gasteiger partial charge in [-0.15, -0.1) is 6.58 Å². The first-order valence-electron chi connectivity index (χ1n) is 8.75. The van der Waals surface area contributed by atoms with Crippen LogP contribution in [0.1, 0.15) is 94.9 Å². The number of allylic oxidation sites excluding steroid dienone is 1. The molecule has 2 N–H and O–H groups in total.